The Balaban J connectivity index is 1.91. The molecule has 0 bridgehead atoms. The number of hydrogen-bond donors (Lipinski definition) is 1. The van der Waals surface area contributed by atoms with Gasteiger partial charge in [-0.1, -0.05) is 48.5 Å². The summed E-state index contributed by atoms with van der Waals surface area (Å²) < 4.78 is 13.7. The van der Waals surface area contributed by atoms with Gasteiger partial charge in [0.2, 0.25) is 0 Å². The number of nitrogens with one attached hydrogen (secondary N) is 1. The molecule has 19 heavy (non-hydrogen) atoms. The third kappa shape index (κ3) is 2.43. The zero-order valence-electron chi connectivity index (χ0n) is 10.4. The number of hydrogen-bond acceptors (Lipinski definition) is 1. The van der Waals surface area contributed by atoms with E-state index in [1.54, 1.807) is 0 Å². The maximum Gasteiger partial charge on any atom is 0.131 e. The quantitative estimate of drug-likeness (QED) is 0.717. The fourth-order valence-electron chi connectivity index (χ4n) is 2.23. The minimum absolute atomic E-state index is 0.168. The third-order valence-corrected chi connectivity index (χ3v) is 3.22. The molecular weight excluding hydrogens is 237 g/mol. The second kappa shape index (κ2) is 5.11. The normalized spacial score (nSPS) is 10.6. The van der Waals surface area contributed by atoms with Crippen molar-refractivity contribution in [1.82, 2.24) is 0 Å². The van der Waals surface area contributed by atoms with Gasteiger partial charge in [-0.15, -0.1) is 0 Å². The van der Waals surface area contributed by atoms with E-state index in [0.29, 0.717) is 11.9 Å². The zero-order chi connectivity index (χ0) is 13.1. The smallest absolute Gasteiger partial charge is 0.131 e. The van der Waals surface area contributed by atoms with Crippen molar-refractivity contribution in [3.8, 4) is 0 Å². The van der Waals surface area contributed by atoms with Gasteiger partial charge in [0.15, 0.2) is 0 Å². The van der Waals surface area contributed by atoms with Crippen LogP contribution < -0.4 is 5.32 Å². The molecule has 0 saturated carbocycles. The Bertz CT molecular complexity index is 692. The number of fused-ring (bicyclic) bond motifs is 1. The van der Waals surface area contributed by atoms with Gasteiger partial charge in [0.25, 0.3) is 0 Å². The van der Waals surface area contributed by atoms with Crippen molar-refractivity contribution in [2.75, 3.05) is 5.32 Å². The first kappa shape index (κ1) is 11.7. The van der Waals surface area contributed by atoms with E-state index in [1.165, 1.54) is 6.07 Å². The van der Waals surface area contributed by atoms with E-state index in [2.05, 4.69) is 5.32 Å². The molecular formula is C17H14FN. The first-order chi connectivity index (χ1) is 9.34. The van der Waals surface area contributed by atoms with Gasteiger partial charge in [-0.3, -0.25) is 0 Å². The third-order valence-electron chi connectivity index (χ3n) is 3.22. The van der Waals surface area contributed by atoms with Crippen LogP contribution in [0.5, 0.6) is 0 Å². The fourth-order valence-corrected chi connectivity index (χ4v) is 2.23. The molecule has 94 valence electrons. The van der Waals surface area contributed by atoms with Crippen LogP contribution in [0.3, 0.4) is 0 Å². The van der Waals surface area contributed by atoms with Crippen molar-refractivity contribution in [2.45, 2.75) is 6.54 Å². The molecule has 0 unspecified atom stereocenters. The van der Waals surface area contributed by atoms with E-state index in [-0.39, 0.29) is 5.82 Å². The zero-order valence-corrected chi connectivity index (χ0v) is 10.4. The maximum absolute atomic E-state index is 13.7. The molecule has 0 aliphatic carbocycles. The van der Waals surface area contributed by atoms with Crippen molar-refractivity contribution >= 4 is 16.5 Å². The molecule has 0 saturated heterocycles. The highest BCUT2D eigenvalue weighted by Gasteiger charge is 2.04. The number of rotatable bonds is 3. The molecule has 0 atom stereocenters. The van der Waals surface area contributed by atoms with Crippen molar-refractivity contribution in [1.29, 1.82) is 0 Å². The van der Waals surface area contributed by atoms with Gasteiger partial charge >= 0.3 is 0 Å². The molecule has 0 amide bonds. The predicted octanol–water partition coefficient (Wildman–Crippen LogP) is 4.59. The molecule has 2 heteroatoms. The lowest BCUT2D eigenvalue weighted by atomic mass is 10.0. The average molecular weight is 251 g/mol. The highest BCUT2D eigenvalue weighted by molar-refractivity contribution is 5.86. The van der Waals surface area contributed by atoms with Crippen molar-refractivity contribution in [3.05, 3.63) is 78.1 Å². The summed E-state index contributed by atoms with van der Waals surface area (Å²) in [5.74, 6) is -0.168. The molecule has 0 radical (unpaired) electrons. The lowest BCUT2D eigenvalue weighted by Crippen LogP contribution is -2.00. The Morgan fingerprint density at radius 3 is 2.21 bits per heavy atom. The first-order valence-electron chi connectivity index (χ1n) is 6.29. The molecule has 3 aromatic carbocycles. The topological polar surface area (TPSA) is 12.0 Å². The molecule has 1 nitrogen and oxygen atoms in total. The highest BCUT2D eigenvalue weighted by atomic mass is 19.1. The van der Waals surface area contributed by atoms with E-state index in [0.717, 1.165) is 16.6 Å². The second-order valence-electron chi connectivity index (χ2n) is 4.47. The summed E-state index contributed by atoms with van der Waals surface area (Å²) in [5.41, 5.74) is 2.16. The van der Waals surface area contributed by atoms with Crippen LogP contribution in [-0.2, 0) is 6.54 Å². The van der Waals surface area contributed by atoms with Crippen LogP contribution in [0.4, 0.5) is 10.1 Å². The summed E-state index contributed by atoms with van der Waals surface area (Å²) in [7, 11) is 0. The van der Waals surface area contributed by atoms with E-state index >= 15 is 0 Å². The van der Waals surface area contributed by atoms with Crippen LogP contribution in [0.25, 0.3) is 10.8 Å². The molecule has 0 aliphatic heterocycles. The van der Waals surface area contributed by atoms with Gasteiger partial charge in [0.1, 0.15) is 5.82 Å². The largest absolute Gasteiger partial charge is 0.381 e. The minimum Gasteiger partial charge on any atom is -0.381 e. The Morgan fingerprint density at radius 1 is 0.737 bits per heavy atom. The average Bonchev–Trinajstić information content (AvgIpc) is 2.48. The molecule has 0 aromatic heterocycles. The van der Waals surface area contributed by atoms with Gasteiger partial charge in [-0.25, -0.2) is 4.39 Å². The summed E-state index contributed by atoms with van der Waals surface area (Å²) in [6, 6.07) is 21.0. The van der Waals surface area contributed by atoms with Gasteiger partial charge < -0.3 is 5.32 Å². The Morgan fingerprint density at radius 2 is 1.42 bits per heavy atom. The fraction of sp³-hybridized carbons (Fsp3) is 0.0588. The highest BCUT2D eigenvalue weighted by Crippen LogP contribution is 2.22. The number of benzene rings is 3. The van der Waals surface area contributed by atoms with Crippen molar-refractivity contribution in [3.63, 3.8) is 0 Å². The van der Waals surface area contributed by atoms with Gasteiger partial charge in [0.05, 0.1) is 0 Å². The lowest BCUT2D eigenvalue weighted by Gasteiger charge is -2.10. The summed E-state index contributed by atoms with van der Waals surface area (Å²) >= 11 is 0. The minimum atomic E-state index is -0.168. The second-order valence-corrected chi connectivity index (χ2v) is 4.47. The Labute approximate surface area is 111 Å². The SMILES string of the molecule is Fc1ccc(CNc2ccccc2)c2ccccc12. The summed E-state index contributed by atoms with van der Waals surface area (Å²) in [6.07, 6.45) is 0. The summed E-state index contributed by atoms with van der Waals surface area (Å²) in [4.78, 5) is 0. The van der Waals surface area contributed by atoms with Gasteiger partial charge in [-0.2, -0.15) is 0 Å². The molecule has 3 aromatic rings. The van der Waals surface area contributed by atoms with E-state index in [9.17, 15) is 4.39 Å². The predicted molar refractivity (Wildman–Crippen MR) is 77.7 cm³/mol. The van der Waals surface area contributed by atoms with Crippen LogP contribution in [0.15, 0.2) is 66.7 Å². The monoisotopic (exact) mass is 251 g/mol. The van der Waals surface area contributed by atoms with Crippen LogP contribution in [0.2, 0.25) is 0 Å². The van der Waals surface area contributed by atoms with Crippen molar-refractivity contribution in [2.24, 2.45) is 0 Å². The van der Waals surface area contributed by atoms with Crippen LogP contribution in [0, 0.1) is 5.82 Å². The van der Waals surface area contributed by atoms with Gasteiger partial charge in [0, 0.05) is 17.6 Å². The number of anilines is 1. The maximum atomic E-state index is 13.7. The van der Waals surface area contributed by atoms with Crippen LogP contribution >= 0.6 is 0 Å². The molecule has 0 aliphatic rings. The van der Waals surface area contributed by atoms with Crippen LogP contribution in [0.1, 0.15) is 5.56 Å². The molecule has 0 heterocycles. The van der Waals surface area contributed by atoms with Crippen LogP contribution in [-0.4, -0.2) is 0 Å². The molecule has 0 fully saturated rings. The van der Waals surface area contributed by atoms with E-state index in [4.69, 9.17) is 0 Å². The molecule has 1 N–H and O–H groups in total. The first-order valence-corrected chi connectivity index (χ1v) is 6.29. The van der Waals surface area contributed by atoms with E-state index < -0.39 is 0 Å². The van der Waals surface area contributed by atoms with E-state index in [1.807, 2.05) is 60.7 Å². The Hall–Kier alpha value is -2.35. The number of halogens is 1. The summed E-state index contributed by atoms with van der Waals surface area (Å²) in [5, 5.41) is 4.99. The summed E-state index contributed by atoms with van der Waals surface area (Å²) in [6.45, 7) is 0.685. The Kier molecular flexibility index (Phi) is 3.15. The number of para-hydroxylation sites is 1. The van der Waals surface area contributed by atoms with Crippen molar-refractivity contribution < 1.29 is 4.39 Å². The standard InChI is InChI=1S/C17H14FN/c18-17-11-10-13(15-8-4-5-9-16(15)17)12-19-14-6-2-1-3-7-14/h1-11,19H,12H2. The van der Waals surface area contributed by atoms with Gasteiger partial charge in [-0.05, 0) is 29.1 Å². The molecule has 0 spiro atoms. The lowest BCUT2D eigenvalue weighted by molar-refractivity contribution is 0.639. The molecule has 3 rings (SSSR count).